The molecular formula is C23H22N4O4S. The molecule has 2 aromatic heterocycles. The smallest absolute Gasteiger partial charge is 0.287 e. The first-order valence-corrected chi connectivity index (χ1v) is 10.6. The molecule has 0 aliphatic rings. The molecule has 0 fully saturated rings. The van der Waals surface area contributed by atoms with Crippen molar-refractivity contribution in [3.8, 4) is 0 Å². The van der Waals surface area contributed by atoms with Gasteiger partial charge in [0.25, 0.3) is 11.5 Å². The topological polar surface area (TPSA) is 113 Å². The Hall–Kier alpha value is -3.98. The van der Waals surface area contributed by atoms with Crippen LogP contribution < -0.4 is 16.2 Å². The Bertz CT molecular complexity index is 1240. The third-order valence-corrected chi connectivity index (χ3v) is 5.25. The third-order valence-electron chi connectivity index (χ3n) is 4.32. The van der Waals surface area contributed by atoms with Crippen LogP contribution in [0.2, 0.25) is 0 Å². The molecule has 32 heavy (non-hydrogen) atoms. The van der Waals surface area contributed by atoms with E-state index in [-0.39, 0.29) is 24.7 Å². The molecule has 2 heterocycles. The minimum atomic E-state index is -0.517. The van der Waals surface area contributed by atoms with Crippen LogP contribution in [-0.4, -0.2) is 35.4 Å². The number of aromatic nitrogens is 2. The zero-order chi connectivity index (χ0) is 22.9. The predicted molar refractivity (Wildman–Crippen MR) is 126 cm³/mol. The standard InChI is InChI=1S/C23H22N4O4S/c1-3-8-17(31-2)11-7-12-24-22(30)20-26-21(29)19-15(14-32-23(19)27-20)13-18(28)25-16-9-5-4-6-10-16/h3-11,14H,1,12-13H2,2H3,(H,24,30)(H,25,28)(H,26,27,29)/b11-7+,17-8+. The van der Waals surface area contributed by atoms with Crippen LogP contribution in [0.5, 0.6) is 0 Å². The van der Waals surface area contributed by atoms with Crippen molar-refractivity contribution < 1.29 is 14.3 Å². The van der Waals surface area contributed by atoms with Crippen molar-refractivity contribution in [2.24, 2.45) is 0 Å². The molecule has 0 atom stereocenters. The lowest BCUT2D eigenvalue weighted by Gasteiger charge is -2.05. The number of methoxy groups -OCH3 is 1. The second-order valence-corrected chi connectivity index (χ2v) is 7.43. The number of nitrogens with one attached hydrogen (secondary N) is 3. The van der Waals surface area contributed by atoms with Crippen molar-refractivity contribution >= 4 is 39.1 Å². The number of amides is 2. The molecule has 9 heteroatoms. The second kappa shape index (κ2) is 10.9. The molecule has 1 aromatic carbocycles. The highest BCUT2D eigenvalue weighted by atomic mass is 32.1. The molecule has 0 saturated heterocycles. The second-order valence-electron chi connectivity index (χ2n) is 6.57. The summed E-state index contributed by atoms with van der Waals surface area (Å²) in [7, 11) is 1.53. The first kappa shape index (κ1) is 22.7. The van der Waals surface area contributed by atoms with Crippen molar-refractivity contribution in [2.75, 3.05) is 19.0 Å². The van der Waals surface area contributed by atoms with E-state index in [4.69, 9.17) is 4.74 Å². The molecule has 2 amide bonds. The molecule has 3 rings (SSSR count). The molecule has 3 N–H and O–H groups in total. The van der Waals surface area contributed by atoms with Gasteiger partial charge >= 0.3 is 0 Å². The Morgan fingerprint density at radius 2 is 2.06 bits per heavy atom. The summed E-state index contributed by atoms with van der Waals surface area (Å²) in [5.41, 5.74) is 0.771. The van der Waals surface area contributed by atoms with E-state index in [1.54, 1.807) is 41.8 Å². The molecule has 3 aromatic rings. The highest BCUT2D eigenvalue weighted by Crippen LogP contribution is 2.22. The van der Waals surface area contributed by atoms with E-state index in [0.29, 0.717) is 27.2 Å². The number of aromatic amines is 1. The van der Waals surface area contributed by atoms with Gasteiger partial charge in [-0.25, -0.2) is 4.98 Å². The van der Waals surface area contributed by atoms with E-state index < -0.39 is 11.5 Å². The average Bonchev–Trinajstić information content (AvgIpc) is 3.19. The van der Waals surface area contributed by atoms with Crippen LogP contribution in [0.1, 0.15) is 16.2 Å². The predicted octanol–water partition coefficient (Wildman–Crippen LogP) is 3.17. The molecule has 0 unspecified atom stereocenters. The van der Waals surface area contributed by atoms with Crippen molar-refractivity contribution in [1.29, 1.82) is 0 Å². The molecule has 0 radical (unpaired) electrons. The van der Waals surface area contributed by atoms with Crippen LogP contribution in [0.3, 0.4) is 0 Å². The van der Waals surface area contributed by atoms with Gasteiger partial charge in [-0.1, -0.05) is 36.9 Å². The fourth-order valence-electron chi connectivity index (χ4n) is 2.86. The number of ether oxygens (including phenoxy) is 1. The number of fused-ring (bicyclic) bond motifs is 1. The van der Waals surface area contributed by atoms with Crippen LogP contribution in [-0.2, 0) is 16.0 Å². The fraction of sp³-hybridized carbons (Fsp3) is 0.130. The van der Waals surface area contributed by atoms with Gasteiger partial charge < -0.3 is 20.4 Å². The van der Waals surface area contributed by atoms with E-state index >= 15 is 0 Å². The fourth-order valence-corrected chi connectivity index (χ4v) is 3.80. The Labute approximate surface area is 188 Å². The third kappa shape index (κ3) is 5.79. The van der Waals surface area contributed by atoms with Gasteiger partial charge in [0.15, 0.2) is 0 Å². The highest BCUT2D eigenvalue weighted by Gasteiger charge is 2.17. The summed E-state index contributed by atoms with van der Waals surface area (Å²) in [5.74, 6) is -0.266. The molecule has 0 spiro atoms. The Morgan fingerprint density at radius 1 is 1.28 bits per heavy atom. The minimum Gasteiger partial charge on any atom is -0.497 e. The number of allylic oxidation sites excluding steroid dienone is 3. The summed E-state index contributed by atoms with van der Waals surface area (Å²) < 4.78 is 5.11. The van der Waals surface area contributed by atoms with E-state index in [9.17, 15) is 14.4 Å². The maximum absolute atomic E-state index is 12.6. The molecule has 8 nitrogen and oxygen atoms in total. The summed E-state index contributed by atoms with van der Waals surface area (Å²) in [6.07, 6.45) is 6.68. The summed E-state index contributed by atoms with van der Waals surface area (Å²) in [6.45, 7) is 3.81. The molecule has 0 bridgehead atoms. The molecular weight excluding hydrogens is 428 g/mol. The number of H-pyrrole nitrogens is 1. The van der Waals surface area contributed by atoms with Crippen LogP contribution in [0.25, 0.3) is 10.2 Å². The Kier molecular flexibility index (Phi) is 7.71. The number of carbonyl (C=O) groups excluding carboxylic acids is 2. The highest BCUT2D eigenvalue weighted by molar-refractivity contribution is 7.16. The SMILES string of the molecule is C=C/C=C(\C=C\CNC(=O)c1nc2scc(CC(=O)Nc3ccccc3)c2c(=O)[nH]1)OC. The van der Waals surface area contributed by atoms with Crippen molar-refractivity contribution in [1.82, 2.24) is 15.3 Å². The normalized spacial score (nSPS) is 11.5. The van der Waals surface area contributed by atoms with Gasteiger partial charge in [0, 0.05) is 12.2 Å². The van der Waals surface area contributed by atoms with Gasteiger partial charge in [-0.3, -0.25) is 14.4 Å². The number of carbonyl (C=O) groups is 2. The van der Waals surface area contributed by atoms with Gasteiger partial charge in [0.1, 0.15) is 10.6 Å². The van der Waals surface area contributed by atoms with Crippen LogP contribution in [0.4, 0.5) is 5.69 Å². The van der Waals surface area contributed by atoms with Crippen molar-refractivity contribution in [3.05, 3.63) is 94.1 Å². The lowest BCUT2D eigenvalue weighted by molar-refractivity contribution is -0.115. The number of rotatable bonds is 9. The van der Waals surface area contributed by atoms with Gasteiger partial charge in [0.05, 0.1) is 18.9 Å². The number of para-hydroxylation sites is 1. The summed E-state index contributed by atoms with van der Waals surface area (Å²) in [6, 6.07) is 9.06. The number of nitrogens with zero attached hydrogens (tertiary/aromatic N) is 1. The Balaban J connectivity index is 1.68. The number of hydrogen-bond acceptors (Lipinski definition) is 6. The zero-order valence-electron chi connectivity index (χ0n) is 17.4. The van der Waals surface area contributed by atoms with Gasteiger partial charge in [0.2, 0.25) is 11.7 Å². The van der Waals surface area contributed by atoms with Crippen molar-refractivity contribution in [2.45, 2.75) is 6.42 Å². The van der Waals surface area contributed by atoms with Gasteiger partial charge in [-0.2, -0.15) is 0 Å². The molecule has 0 aliphatic heterocycles. The number of hydrogen-bond donors (Lipinski definition) is 3. The first-order chi connectivity index (χ1) is 15.5. The molecule has 164 valence electrons. The maximum atomic E-state index is 12.6. The first-order valence-electron chi connectivity index (χ1n) is 9.68. The van der Waals surface area contributed by atoms with E-state index in [1.165, 1.54) is 18.4 Å². The van der Waals surface area contributed by atoms with E-state index in [2.05, 4.69) is 27.2 Å². The average molecular weight is 451 g/mol. The lowest BCUT2D eigenvalue weighted by atomic mass is 10.1. The Morgan fingerprint density at radius 3 is 2.78 bits per heavy atom. The molecule has 0 saturated carbocycles. The zero-order valence-corrected chi connectivity index (χ0v) is 18.2. The van der Waals surface area contributed by atoms with E-state index in [0.717, 1.165) is 0 Å². The maximum Gasteiger partial charge on any atom is 0.287 e. The van der Waals surface area contributed by atoms with E-state index in [1.807, 2.05) is 18.2 Å². The van der Waals surface area contributed by atoms with Crippen LogP contribution in [0, 0.1) is 0 Å². The molecule has 0 aliphatic carbocycles. The number of benzene rings is 1. The van der Waals surface area contributed by atoms with Crippen LogP contribution in [0.15, 0.2) is 77.1 Å². The van der Waals surface area contributed by atoms with Gasteiger partial charge in [-0.15, -0.1) is 11.3 Å². The number of thiophene rings is 1. The monoisotopic (exact) mass is 450 g/mol. The number of anilines is 1. The summed E-state index contributed by atoms with van der Waals surface area (Å²) >= 11 is 1.21. The largest absolute Gasteiger partial charge is 0.497 e. The van der Waals surface area contributed by atoms with Gasteiger partial charge in [-0.05, 0) is 35.2 Å². The van der Waals surface area contributed by atoms with Crippen molar-refractivity contribution in [3.63, 3.8) is 0 Å². The summed E-state index contributed by atoms with van der Waals surface area (Å²) in [5, 5.41) is 7.46. The van der Waals surface area contributed by atoms with Crippen LogP contribution >= 0.6 is 11.3 Å². The summed E-state index contributed by atoms with van der Waals surface area (Å²) in [4.78, 5) is 44.5. The quantitative estimate of drug-likeness (QED) is 0.342. The minimum absolute atomic E-state index is 0.0239. The lowest BCUT2D eigenvalue weighted by Crippen LogP contribution is -2.28.